The normalized spacial score (nSPS) is 13.1. The van der Waals surface area contributed by atoms with Gasteiger partial charge in [0.1, 0.15) is 5.82 Å². The molecule has 118 valence electrons. The summed E-state index contributed by atoms with van der Waals surface area (Å²) in [5.74, 6) is -2.33. The lowest BCUT2D eigenvalue weighted by molar-refractivity contribution is 0.0696. The summed E-state index contributed by atoms with van der Waals surface area (Å²) >= 11 is 0. The number of aliphatic hydroxyl groups excluding tert-OH is 1. The maximum absolute atomic E-state index is 13.6. The van der Waals surface area contributed by atoms with E-state index in [0.29, 0.717) is 12.8 Å². The first-order chi connectivity index (χ1) is 9.69. The average molecular weight is 319 g/mol. The summed E-state index contributed by atoms with van der Waals surface area (Å²) in [6.07, 6.45) is 0.258. The van der Waals surface area contributed by atoms with Crippen molar-refractivity contribution in [3.8, 4) is 0 Å². The fourth-order valence-corrected chi connectivity index (χ4v) is 3.13. The smallest absolute Gasteiger partial charge is 0.335 e. The number of benzene rings is 1. The molecule has 1 aromatic rings. The van der Waals surface area contributed by atoms with E-state index >= 15 is 0 Å². The van der Waals surface area contributed by atoms with E-state index in [1.807, 2.05) is 6.92 Å². The van der Waals surface area contributed by atoms with Crippen LogP contribution >= 0.6 is 0 Å². The zero-order valence-electron chi connectivity index (χ0n) is 11.8. The molecule has 0 heterocycles. The Labute approximate surface area is 122 Å². The highest BCUT2D eigenvalue weighted by Gasteiger charge is 2.22. The van der Waals surface area contributed by atoms with Gasteiger partial charge in [-0.3, -0.25) is 0 Å². The lowest BCUT2D eigenvalue weighted by Gasteiger charge is -2.13. The summed E-state index contributed by atoms with van der Waals surface area (Å²) in [5, 5.41) is 18.4. The Morgan fingerprint density at radius 2 is 2.05 bits per heavy atom. The van der Waals surface area contributed by atoms with Crippen LogP contribution in [-0.2, 0) is 10.0 Å². The molecule has 3 N–H and O–H groups in total. The first kappa shape index (κ1) is 17.5. The number of sulfonamides is 1. The standard InChI is InChI=1S/C13H18FNO5S/c1-3-4-10(16)7-15-21(19,20)12-6-9(13(17)18)5-11(14)8(12)2/h5-6,10,15-16H,3-4,7H2,1-2H3,(H,17,18). The van der Waals surface area contributed by atoms with Crippen molar-refractivity contribution in [1.29, 1.82) is 0 Å². The van der Waals surface area contributed by atoms with Crippen LogP contribution in [0.25, 0.3) is 0 Å². The van der Waals surface area contributed by atoms with Crippen LogP contribution in [0.5, 0.6) is 0 Å². The third-order valence-corrected chi connectivity index (χ3v) is 4.51. The Hall–Kier alpha value is -1.51. The van der Waals surface area contributed by atoms with Crippen LogP contribution in [0.2, 0.25) is 0 Å². The monoisotopic (exact) mass is 319 g/mol. The number of carboxylic acid groups (broad SMARTS) is 1. The zero-order chi connectivity index (χ0) is 16.2. The Bertz CT molecular complexity index is 630. The SMILES string of the molecule is CCCC(O)CNS(=O)(=O)c1cc(C(=O)O)cc(F)c1C. The molecular formula is C13H18FNO5S. The maximum Gasteiger partial charge on any atom is 0.335 e. The molecule has 1 unspecified atom stereocenters. The van der Waals surface area contributed by atoms with Crippen molar-refractivity contribution in [3.63, 3.8) is 0 Å². The zero-order valence-corrected chi connectivity index (χ0v) is 12.6. The molecule has 1 rings (SSSR count). The third-order valence-electron chi connectivity index (χ3n) is 2.96. The molecule has 0 aliphatic rings. The minimum absolute atomic E-state index is 0.169. The largest absolute Gasteiger partial charge is 0.478 e. The molecule has 8 heteroatoms. The van der Waals surface area contributed by atoms with Crippen molar-refractivity contribution >= 4 is 16.0 Å². The molecule has 0 amide bonds. The quantitative estimate of drug-likeness (QED) is 0.702. The van der Waals surface area contributed by atoms with Crippen molar-refractivity contribution < 1.29 is 27.8 Å². The summed E-state index contributed by atoms with van der Waals surface area (Å²) in [5.41, 5.74) is -0.620. The molecule has 0 aromatic heterocycles. The summed E-state index contributed by atoms with van der Waals surface area (Å²) in [6.45, 7) is 2.88. The van der Waals surface area contributed by atoms with Gasteiger partial charge in [0.05, 0.1) is 16.6 Å². The fourth-order valence-electron chi connectivity index (χ4n) is 1.78. The van der Waals surface area contributed by atoms with Crippen molar-refractivity contribution in [2.24, 2.45) is 0 Å². The van der Waals surface area contributed by atoms with E-state index < -0.39 is 38.4 Å². The van der Waals surface area contributed by atoms with E-state index in [4.69, 9.17) is 5.11 Å². The highest BCUT2D eigenvalue weighted by molar-refractivity contribution is 7.89. The van der Waals surface area contributed by atoms with Gasteiger partial charge in [0.25, 0.3) is 0 Å². The number of nitrogens with one attached hydrogen (secondary N) is 1. The molecule has 0 spiro atoms. The number of halogens is 1. The lowest BCUT2D eigenvalue weighted by Crippen LogP contribution is -2.32. The molecule has 0 aliphatic heterocycles. The number of carbonyl (C=O) groups is 1. The first-order valence-electron chi connectivity index (χ1n) is 6.40. The summed E-state index contributed by atoms with van der Waals surface area (Å²) in [4.78, 5) is 10.4. The van der Waals surface area contributed by atoms with Crippen LogP contribution in [0, 0.1) is 12.7 Å². The Morgan fingerprint density at radius 3 is 2.57 bits per heavy atom. The molecule has 0 aliphatic carbocycles. The predicted molar refractivity (Wildman–Crippen MR) is 74.2 cm³/mol. The van der Waals surface area contributed by atoms with E-state index in [1.54, 1.807) is 0 Å². The Balaban J connectivity index is 3.10. The van der Waals surface area contributed by atoms with Gasteiger partial charge in [-0.05, 0) is 25.5 Å². The molecule has 0 radical (unpaired) electrons. The van der Waals surface area contributed by atoms with E-state index in [-0.39, 0.29) is 12.1 Å². The highest BCUT2D eigenvalue weighted by Crippen LogP contribution is 2.20. The average Bonchev–Trinajstić information content (AvgIpc) is 2.39. The molecule has 0 fully saturated rings. The highest BCUT2D eigenvalue weighted by atomic mass is 32.2. The van der Waals surface area contributed by atoms with Crippen LogP contribution < -0.4 is 4.72 Å². The van der Waals surface area contributed by atoms with Gasteiger partial charge in [0.15, 0.2) is 0 Å². The number of carboxylic acids is 1. The van der Waals surface area contributed by atoms with Crippen LogP contribution in [0.1, 0.15) is 35.7 Å². The Morgan fingerprint density at radius 1 is 1.43 bits per heavy atom. The van der Waals surface area contributed by atoms with Crippen molar-refractivity contribution in [2.75, 3.05) is 6.54 Å². The first-order valence-corrected chi connectivity index (χ1v) is 7.88. The van der Waals surface area contributed by atoms with E-state index in [1.165, 1.54) is 6.92 Å². The molecule has 0 saturated carbocycles. The second-order valence-corrected chi connectivity index (χ2v) is 6.42. The minimum atomic E-state index is -4.10. The summed E-state index contributed by atoms with van der Waals surface area (Å²) < 4.78 is 40.0. The van der Waals surface area contributed by atoms with E-state index in [9.17, 15) is 22.7 Å². The van der Waals surface area contributed by atoms with Gasteiger partial charge in [-0.1, -0.05) is 13.3 Å². The maximum atomic E-state index is 13.6. The molecule has 1 aromatic carbocycles. The van der Waals surface area contributed by atoms with Gasteiger partial charge in [-0.25, -0.2) is 22.3 Å². The van der Waals surface area contributed by atoms with Crippen molar-refractivity contribution in [3.05, 3.63) is 29.1 Å². The number of aromatic carboxylic acids is 1. The van der Waals surface area contributed by atoms with E-state index in [0.717, 1.165) is 12.1 Å². The van der Waals surface area contributed by atoms with Gasteiger partial charge in [-0.15, -0.1) is 0 Å². The molecule has 1 atom stereocenters. The minimum Gasteiger partial charge on any atom is -0.478 e. The topological polar surface area (TPSA) is 104 Å². The van der Waals surface area contributed by atoms with Crippen molar-refractivity contribution in [2.45, 2.75) is 37.7 Å². The van der Waals surface area contributed by atoms with E-state index in [2.05, 4.69) is 4.72 Å². The van der Waals surface area contributed by atoms with Crippen LogP contribution in [0.3, 0.4) is 0 Å². The molecule has 0 saturated heterocycles. The lowest BCUT2D eigenvalue weighted by atomic mass is 10.1. The Kier molecular flexibility index (Phi) is 5.82. The molecular weight excluding hydrogens is 301 g/mol. The number of rotatable bonds is 7. The summed E-state index contributed by atoms with van der Waals surface area (Å²) in [7, 11) is -4.10. The second kappa shape index (κ2) is 6.97. The van der Waals surface area contributed by atoms with Gasteiger partial charge in [0.2, 0.25) is 10.0 Å². The molecule has 21 heavy (non-hydrogen) atoms. The fraction of sp³-hybridized carbons (Fsp3) is 0.462. The van der Waals surface area contributed by atoms with Gasteiger partial charge in [-0.2, -0.15) is 0 Å². The third kappa shape index (κ3) is 4.48. The second-order valence-electron chi connectivity index (χ2n) is 4.68. The van der Waals surface area contributed by atoms with Gasteiger partial charge in [0, 0.05) is 12.1 Å². The number of hydrogen-bond donors (Lipinski definition) is 3. The van der Waals surface area contributed by atoms with Gasteiger partial charge >= 0.3 is 5.97 Å². The predicted octanol–water partition coefficient (Wildman–Crippen LogP) is 1.27. The summed E-state index contributed by atoms with van der Waals surface area (Å²) in [6, 6.07) is 1.66. The van der Waals surface area contributed by atoms with Crippen molar-refractivity contribution in [1.82, 2.24) is 4.72 Å². The van der Waals surface area contributed by atoms with Crippen LogP contribution in [0.15, 0.2) is 17.0 Å². The molecule has 0 bridgehead atoms. The number of aliphatic hydroxyl groups is 1. The van der Waals surface area contributed by atoms with Crippen LogP contribution in [0.4, 0.5) is 4.39 Å². The van der Waals surface area contributed by atoms with Gasteiger partial charge < -0.3 is 10.2 Å². The van der Waals surface area contributed by atoms with Crippen LogP contribution in [-0.4, -0.2) is 37.2 Å². The number of hydrogen-bond acceptors (Lipinski definition) is 4. The molecule has 6 nitrogen and oxygen atoms in total.